The number of aromatic nitrogens is 3. The highest BCUT2D eigenvalue weighted by Gasteiger charge is 2.10. The molecule has 0 atom stereocenters. The summed E-state index contributed by atoms with van der Waals surface area (Å²) in [6.45, 7) is 2.76. The molecular formula is C20H21N5O2. The molecule has 7 nitrogen and oxygen atoms in total. The van der Waals surface area contributed by atoms with Crippen LogP contribution in [0.25, 0.3) is 0 Å². The summed E-state index contributed by atoms with van der Waals surface area (Å²) in [5.41, 5.74) is 2.38. The molecule has 0 unspecified atom stereocenters. The van der Waals surface area contributed by atoms with Crippen molar-refractivity contribution in [3.8, 4) is 5.75 Å². The monoisotopic (exact) mass is 363 g/mol. The van der Waals surface area contributed by atoms with Crippen molar-refractivity contribution >= 4 is 11.7 Å². The van der Waals surface area contributed by atoms with E-state index in [1.807, 2.05) is 36.4 Å². The molecule has 1 aromatic carbocycles. The van der Waals surface area contributed by atoms with Crippen molar-refractivity contribution in [2.45, 2.75) is 20.0 Å². The topological polar surface area (TPSA) is 89.0 Å². The van der Waals surface area contributed by atoms with Gasteiger partial charge in [0.2, 0.25) is 0 Å². The summed E-state index contributed by atoms with van der Waals surface area (Å²) in [5.74, 6) is 1.70. The van der Waals surface area contributed by atoms with E-state index >= 15 is 0 Å². The lowest BCUT2D eigenvalue weighted by Gasteiger charge is -2.10. The fourth-order valence-corrected chi connectivity index (χ4v) is 2.48. The van der Waals surface area contributed by atoms with Crippen LogP contribution < -0.4 is 15.4 Å². The number of aryl methyl sites for hydroxylation is 1. The maximum absolute atomic E-state index is 12.4. The summed E-state index contributed by atoms with van der Waals surface area (Å²) in [6, 6.07) is 13.1. The molecule has 0 bridgehead atoms. The Bertz CT molecular complexity index is 898. The van der Waals surface area contributed by atoms with Gasteiger partial charge in [-0.1, -0.05) is 12.1 Å². The number of rotatable bonds is 7. The number of benzene rings is 1. The van der Waals surface area contributed by atoms with Crippen LogP contribution >= 0.6 is 0 Å². The van der Waals surface area contributed by atoms with Crippen molar-refractivity contribution in [3.05, 3.63) is 77.5 Å². The van der Waals surface area contributed by atoms with Gasteiger partial charge in [0, 0.05) is 31.5 Å². The third-order valence-corrected chi connectivity index (χ3v) is 3.91. The fourth-order valence-electron chi connectivity index (χ4n) is 2.48. The van der Waals surface area contributed by atoms with Crippen LogP contribution in [0, 0.1) is 6.92 Å². The molecule has 0 radical (unpaired) electrons. The van der Waals surface area contributed by atoms with Crippen molar-refractivity contribution in [3.63, 3.8) is 0 Å². The van der Waals surface area contributed by atoms with E-state index in [0.29, 0.717) is 30.4 Å². The molecule has 0 aliphatic rings. The minimum Gasteiger partial charge on any atom is -0.497 e. The van der Waals surface area contributed by atoms with Crippen LogP contribution in [-0.4, -0.2) is 28.0 Å². The number of hydrogen-bond donors (Lipinski definition) is 2. The van der Waals surface area contributed by atoms with Crippen LogP contribution in [0.15, 0.2) is 54.9 Å². The van der Waals surface area contributed by atoms with Crippen molar-refractivity contribution in [1.29, 1.82) is 0 Å². The fraction of sp³-hybridized carbons (Fsp3) is 0.200. The lowest BCUT2D eigenvalue weighted by atomic mass is 10.2. The van der Waals surface area contributed by atoms with E-state index in [4.69, 9.17) is 4.74 Å². The van der Waals surface area contributed by atoms with Crippen LogP contribution in [0.4, 0.5) is 5.82 Å². The molecule has 2 aromatic heterocycles. The number of hydrogen-bond acceptors (Lipinski definition) is 6. The number of carbonyl (C=O) groups excluding carboxylic acids is 1. The molecule has 3 aromatic rings. The van der Waals surface area contributed by atoms with E-state index < -0.39 is 0 Å². The van der Waals surface area contributed by atoms with E-state index in [-0.39, 0.29) is 5.91 Å². The summed E-state index contributed by atoms with van der Waals surface area (Å²) in [6.07, 6.45) is 3.38. The zero-order valence-electron chi connectivity index (χ0n) is 15.3. The Hall–Kier alpha value is -3.48. The number of nitrogens with zero attached hydrogens (tertiary/aromatic N) is 3. The van der Waals surface area contributed by atoms with Gasteiger partial charge in [0.25, 0.3) is 5.91 Å². The molecule has 27 heavy (non-hydrogen) atoms. The SMILES string of the molecule is COc1ccc(CNc2cc(C(=O)NCc3ccncc3)nc(C)n2)cc1. The van der Waals surface area contributed by atoms with Gasteiger partial charge in [-0.2, -0.15) is 0 Å². The van der Waals surface area contributed by atoms with Gasteiger partial charge in [-0.25, -0.2) is 9.97 Å². The maximum atomic E-state index is 12.4. The number of pyridine rings is 1. The number of ether oxygens (including phenoxy) is 1. The van der Waals surface area contributed by atoms with Crippen molar-refractivity contribution in [2.75, 3.05) is 12.4 Å². The third kappa shape index (κ3) is 5.24. The summed E-state index contributed by atoms with van der Waals surface area (Å²) in [5, 5.41) is 6.09. The molecule has 138 valence electrons. The zero-order valence-corrected chi connectivity index (χ0v) is 15.3. The van der Waals surface area contributed by atoms with Gasteiger partial charge >= 0.3 is 0 Å². The van der Waals surface area contributed by atoms with Gasteiger partial charge in [0.1, 0.15) is 23.1 Å². The molecule has 7 heteroatoms. The molecule has 0 saturated heterocycles. The first-order valence-electron chi connectivity index (χ1n) is 8.53. The van der Waals surface area contributed by atoms with E-state index in [9.17, 15) is 4.79 Å². The van der Waals surface area contributed by atoms with E-state index in [1.54, 1.807) is 32.5 Å². The Morgan fingerprint density at radius 2 is 1.70 bits per heavy atom. The van der Waals surface area contributed by atoms with Gasteiger partial charge in [0.15, 0.2) is 0 Å². The predicted molar refractivity (Wildman–Crippen MR) is 102 cm³/mol. The van der Waals surface area contributed by atoms with Gasteiger partial charge in [0.05, 0.1) is 7.11 Å². The highest BCUT2D eigenvalue weighted by Crippen LogP contribution is 2.13. The maximum Gasteiger partial charge on any atom is 0.270 e. The van der Waals surface area contributed by atoms with Crippen LogP contribution in [0.5, 0.6) is 5.75 Å². The Kier molecular flexibility index (Phi) is 5.94. The Morgan fingerprint density at radius 3 is 2.41 bits per heavy atom. The van der Waals surface area contributed by atoms with Crippen LogP contribution in [0.2, 0.25) is 0 Å². The van der Waals surface area contributed by atoms with Gasteiger partial charge in [-0.05, 0) is 42.3 Å². The lowest BCUT2D eigenvalue weighted by Crippen LogP contribution is -2.24. The molecule has 2 heterocycles. The second-order valence-corrected chi connectivity index (χ2v) is 5.93. The molecule has 0 saturated carbocycles. The average molecular weight is 363 g/mol. The summed E-state index contributed by atoms with van der Waals surface area (Å²) in [7, 11) is 1.64. The highest BCUT2D eigenvalue weighted by atomic mass is 16.5. The van der Waals surface area contributed by atoms with Crippen molar-refractivity contribution in [2.24, 2.45) is 0 Å². The molecule has 0 spiro atoms. The van der Waals surface area contributed by atoms with Crippen LogP contribution in [0.3, 0.4) is 0 Å². The standard InChI is InChI=1S/C20H21N5O2/c1-14-24-18(20(26)23-13-16-7-9-21-10-8-16)11-19(25-14)22-12-15-3-5-17(27-2)6-4-15/h3-11H,12-13H2,1-2H3,(H,23,26)(H,22,24,25). The summed E-state index contributed by atoms with van der Waals surface area (Å²) < 4.78 is 5.16. The Labute approximate surface area is 157 Å². The van der Waals surface area contributed by atoms with Crippen LogP contribution in [0.1, 0.15) is 27.4 Å². The van der Waals surface area contributed by atoms with E-state index in [0.717, 1.165) is 16.9 Å². The molecule has 2 N–H and O–H groups in total. The van der Waals surface area contributed by atoms with Crippen LogP contribution in [-0.2, 0) is 13.1 Å². The van der Waals surface area contributed by atoms with Crippen molar-refractivity contribution < 1.29 is 9.53 Å². The molecular weight excluding hydrogens is 342 g/mol. The highest BCUT2D eigenvalue weighted by molar-refractivity contribution is 5.92. The normalized spacial score (nSPS) is 10.3. The number of amides is 1. The molecule has 0 fully saturated rings. The quantitative estimate of drug-likeness (QED) is 0.671. The number of anilines is 1. The minimum atomic E-state index is -0.246. The second-order valence-electron chi connectivity index (χ2n) is 5.93. The summed E-state index contributed by atoms with van der Waals surface area (Å²) >= 11 is 0. The first kappa shape index (κ1) is 18.3. The number of carbonyl (C=O) groups is 1. The second kappa shape index (κ2) is 8.75. The van der Waals surface area contributed by atoms with Crippen molar-refractivity contribution in [1.82, 2.24) is 20.3 Å². The lowest BCUT2D eigenvalue weighted by molar-refractivity contribution is 0.0945. The zero-order chi connectivity index (χ0) is 19.1. The number of methoxy groups -OCH3 is 1. The van der Waals surface area contributed by atoms with Gasteiger partial charge < -0.3 is 15.4 Å². The Balaban J connectivity index is 1.63. The van der Waals surface area contributed by atoms with Gasteiger partial charge in [-0.15, -0.1) is 0 Å². The first-order valence-corrected chi connectivity index (χ1v) is 8.53. The largest absolute Gasteiger partial charge is 0.497 e. The molecule has 0 aliphatic heterocycles. The predicted octanol–water partition coefficient (Wildman–Crippen LogP) is 2.73. The number of nitrogens with one attached hydrogen (secondary N) is 2. The molecule has 1 amide bonds. The summed E-state index contributed by atoms with van der Waals surface area (Å²) in [4.78, 5) is 24.9. The molecule has 0 aliphatic carbocycles. The average Bonchev–Trinajstić information content (AvgIpc) is 2.71. The smallest absolute Gasteiger partial charge is 0.270 e. The van der Waals surface area contributed by atoms with E-state index in [2.05, 4.69) is 25.6 Å². The Morgan fingerprint density at radius 1 is 1.00 bits per heavy atom. The van der Waals surface area contributed by atoms with Gasteiger partial charge in [-0.3, -0.25) is 9.78 Å². The minimum absolute atomic E-state index is 0.246. The third-order valence-electron chi connectivity index (χ3n) is 3.91. The van der Waals surface area contributed by atoms with E-state index in [1.165, 1.54) is 0 Å². The molecule has 3 rings (SSSR count). The first-order chi connectivity index (χ1) is 13.1.